The Labute approximate surface area is 75.6 Å². The molecule has 0 aliphatic heterocycles. The van der Waals surface area contributed by atoms with Gasteiger partial charge in [0, 0.05) is 6.07 Å². The molecule has 0 fully saturated rings. The Kier molecular flexibility index (Phi) is 4.45. The summed E-state index contributed by atoms with van der Waals surface area (Å²) in [5.74, 6) is -1.57. The van der Waals surface area contributed by atoms with Crippen molar-refractivity contribution in [3.63, 3.8) is 0 Å². The highest BCUT2D eigenvalue weighted by Gasteiger charge is 2.05. The highest BCUT2D eigenvalue weighted by Crippen LogP contribution is 2.15. The van der Waals surface area contributed by atoms with Gasteiger partial charge in [0.1, 0.15) is 17.7 Å². The molecule has 0 aliphatic carbocycles. The molecule has 0 aliphatic rings. The fourth-order valence-corrected chi connectivity index (χ4v) is 0.648. The Hall–Kier alpha value is -1.63. The molecular weight excluding hydrogens is 174 g/mol. The lowest BCUT2D eigenvalue weighted by molar-refractivity contribution is 0.601. The van der Waals surface area contributed by atoms with Crippen LogP contribution in [-0.4, -0.2) is 0 Å². The number of halogens is 2. The van der Waals surface area contributed by atoms with Gasteiger partial charge in [-0.2, -0.15) is 5.26 Å². The normalized spacial score (nSPS) is 8.23. The molecule has 0 saturated heterocycles. The van der Waals surface area contributed by atoms with Crippen molar-refractivity contribution in [1.82, 2.24) is 0 Å². The predicted molar refractivity (Wildman–Crippen MR) is 46.8 cm³/mol. The largest absolute Gasteiger partial charge is 0.396 e. The van der Waals surface area contributed by atoms with E-state index in [1.807, 2.05) is 13.8 Å². The molecule has 1 rings (SSSR count). The van der Waals surface area contributed by atoms with Crippen molar-refractivity contribution in [2.75, 3.05) is 5.73 Å². The number of hydrogen-bond acceptors (Lipinski definition) is 2. The minimum Gasteiger partial charge on any atom is -0.396 e. The number of anilines is 1. The lowest BCUT2D eigenvalue weighted by Crippen LogP contribution is -1.94. The maximum atomic E-state index is 12.6. The maximum Gasteiger partial charge on any atom is 0.147 e. The standard InChI is InChI=1S/C7H4F2N2.C2H6/c8-5-2-7(11)6(9)1-4(5)3-10;1-2/h1-2H,11H2;1-2H3. The molecule has 0 saturated carbocycles. The van der Waals surface area contributed by atoms with E-state index in [9.17, 15) is 8.78 Å². The van der Waals surface area contributed by atoms with E-state index in [1.165, 1.54) is 6.07 Å². The van der Waals surface area contributed by atoms with Crippen LogP contribution in [0.15, 0.2) is 12.1 Å². The van der Waals surface area contributed by atoms with Crippen LogP contribution in [0.2, 0.25) is 0 Å². The first-order valence-electron chi connectivity index (χ1n) is 3.79. The van der Waals surface area contributed by atoms with Crippen LogP contribution in [0, 0.1) is 23.0 Å². The maximum absolute atomic E-state index is 12.6. The third-order valence-corrected chi connectivity index (χ3v) is 1.21. The quantitative estimate of drug-likeness (QED) is 0.629. The van der Waals surface area contributed by atoms with Gasteiger partial charge < -0.3 is 5.73 Å². The molecule has 4 heteroatoms. The molecule has 1 aromatic rings. The van der Waals surface area contributed by atoms with Gasteiger partial charge in [-0.05, 0) is 6.07 Å². The van der Waals surface area contributed by atoms with E-state index in [1.54, 1.807) is 0 Å². The molecule has 0 unspecified atom stereocenters. The Balaban J connectivity index is 0.000000671. The zero-order valence-corrected chi connectivity index (χ0v) is 7.44. The van der Waals surface area contributed by atoms with Crippen LogP contribution in [0.5, 0.6) is 0 Å². The highest BCUT2D eigenvalue weighted by molar-refractivity contribution is 5.45. The number of rotatable bonds is 0. The molecule has 0 heterocycles. The fourth-order valence-electron chi connectivity index (χ4n) is 0.648. The first-order chi connectivity index (χ1) is 6.15. The van der Waals surface area contributed by atoms with Crippen molar-refractivity contribution in [2.24, 2.45) is 0 Å². The molecule has 0 bridgehead atoms. The van der Waals surface area contributed by atoms with E-state index in [0.29, 0.717) is 0 Å². The molecule has 2 nitrogen and oxygen atoms in total. The molecule has 0 radical (unpaired) electrons. The number of nitrogen functional groups attached to an aromatic ring is 1. The van der Waals surface area contributed by atoms with Crippen molar-refractivity contribution in [3.05, 3.63) is 29.3 Å². The van der Waals surface area contributed by atoms with Gasteiger partial charge in [-0.3, -0.25) is 0 Å². The number of nitriles is 1. The lowest BCUT2D eigenvalue weighted by Gasteiger charge is -1.96. The van der Waals surface area contributed by atoms with Gasteiger partial charge in [0.05, 0.1) is 11.3 Å². The molecule has 0 aromatic heterocycles. The third kappa shape index (κ3) is 2.71. The second-order valence-corrected chi connectivity index (χ2v) is 1.97. The lowest BCUT2D eigenvalue weighted by atomic mass is 10.2. The van der Waals surface area contributed by atoms with Crippen molar-refractivity contribution >= 4 is 5.69 Å². The van der Waals surface area contributed by atoms with Crippen molar-refractivity contribution in [1.29, 1.82) is 5.26 Å². The van der Waals surface area contributed by atoms with Gasteiger partial charge in [-0.25, -0.2) is 8.78 Å². The molecule has 0 amide bonds. The minimum atomic E-state index is -0.800. The fraction of sp³-hybridized carbons (Fsp3) is 0.222. The van der Waals surface area contributed by atoms with Gasteiger partial charge >= 0.3 is 0 Å². The zero-order chi connectivity index (χ0) is 10.4. The van der Waals surface area contributed by atoms with Crippen LogP contribution in [0.1, 0.15) is 19.4 Å². The van der Waals surface area contributed by atoms with E-state index in [2.05, 4.69) is 0 Å². The van der Waals surface area contributed by atoms with Crippen molar-refractivity contribution in [2.45, 2.75) is 13.8 Å². The first kappa shape index (κ1) is 11.4. The molecule has 13 heavy (non-hydrogen) atoms. The van der Waals surface area contributed by atoms with Crippen LogP contribution in [0.3, 0.4) is 0 Å². The minimum absolute atomic E-state index is 0.290. The summed E-state index contributed by atoms with van der Waals surface area (Å²) < 4.78 is 25.1. The summed E-state index contributed by atoms with van der Waals surface area (Å²) in [6, 6.07) is 3.05. The van der Waals surface area contributed by atoms with Gasteiger partial charge in [0.25, 0.3) is 0 Å². The average molecular weight is 184 g/mol. The summed E-state index contributed by atoms with van der Waals surface area (Å²) in [5.41, 5.74) is 4.39. The van der Waals surface area contributed by atoms with Crippen LogP contribution < -0.4 is 5.73 Å². The summed E-state index contributed by atoms with van der Waals surface area (Å²) in [5, 5.41) is 8.24. The second-order valence-electron chi connectivity index (χ2n) is 1.97. The van der Waals surface area contributed by atoms with Crippen LogP contribution >= 0.6 is 0 Å². The molecule has 0 spiro atoms. The first-order valence-corrected chi connectivity index (χ1v) is 3.79. The summed E-state index contributed by atoms with van der Waals surface area (Å²) in [6.07, 6.45) is 0. The monoisotopic (exact) mass is 184 g/mol. The summed E-state index contributed by atoms with van der Waals surface area (Å²) in [4.78, 5) is 0. The Morgan fingerprint density at radius 2 is 1.77 bits per heavy atom. The molecule has 1 aromatic carbocycles. The second kappa shape index (κ2) is 5.09. The number of nitrogens with zero attached hydrogens (tertiary/aromatic N) is 1. The third-order valence-electron chi connectivity index (χ3n) is 1.21. The van der Waals surface area contributed by atoms with E-state index >= 15 is 0 Å². The van der Waals surface area contributed by atoms with Crippen molar-refractivity contribution < 1.29 is 8.78 Å². The topological polar surface area (TPSA) is 49.8 Å². The molecular formula is C9H10F2N2. The number of benzene rings is 1. The molecule has 2 N–H and O–H groups in total. The zero-order valence-electron chi connectivity index (χ0n) is 7.44. The van der Waals surface area contributed by atoms with E-state index in [4.69, 9.17) is 11.0 Å². The Morgan fingerprint density at radius 3 is 2.23 bits per heavy atom. The van der Waals surface area contributed by atoms with Gasteiger partial charge in [-0.1, -0.05) is 13.8 Å². The van der Waals surface area contributed by atoms with E-state index in [0.717, 1.165) is 12.1 Å². The molecule has 70 valence electrons. The highest BCUT2D eigenvalue weighted by atomic mass is 19.1. The van der Waals surface area contributed by atoms with Gasteiger partial charge in [-0.15, -0.1) is 0 Å². The van der Waals surface area contributed by atoms with Crippen LogP contribution in [0.25, 0.3) is 0 Å². The smallest absolute Gasteiger partial charge is 0.147 e. The van der Waals surface area contributed by atoms with Gasteiger partial charge in [0.2, 0.25) is 0 Å². The Morgan fingerprint density at radius 1 is 1.23 bits per heavy atom. The van der Waals surface area contributed by atoms with Crippen LogP contribution in [0.4, 0.5) is 14.5 Å². The predicted octanol–water partition coefficient (Wildman–Crippen LogP) is 2.44. The summed E-state index contributed by atoms with van der Waals surface area (Å²) >= 11 is 0. The Bertz CT molecular complexity index is 329. The van der Waals surface area contributed by atoms with Gasteiger partial charge in [0.15, 0.2) is 0 Å². The molecule has 0 atom stereocenters. The van der Waals surface area contributed by atoms with Crippen LogP contribution in [-0.2, 0) is 0 Å². The summed E-state index contributed by atoms with van der Waals surface area (Å²) in [6.45, 7) is 4.00. The van der Waals surface area contributed by atoms with E-state index < -0.39 is 11.6 Å². The average Bonchev–Trinajstić information content (AvgIpc) is 2.15. The van der Waals surface area contributed by atoms with E-state index in [-0.39, 0.29) is 11.3 Å². The van der Waals surface area contributed by atoms with Crippen molar-refractivity contribution in [3.8, 4) is 6.07 Å². The number of nitrogens with two attached hydrogens (primary N) is 1. The SMILES string of the molecule is CC.N#Cc1cc(F)c(N)cc1F. The summed E-state index contributed by atoms with van der Waals surface area (Å²) in [7, 11) is 0. The number of hydrogen-bond donors (Lipinski definition) is 1.